The van der Waals surface area contributed by atoms with Crippen LogP contribution in [-0.2, 0) is 12.7 Å². The minimum absolute atomic E-state index is 0.0874. The van der Waals surface area contributed by atoms with Crippen LogP contribution in [0, 0.1) is 5.92 Å². The lowest BCUT2D eigenvalue weighted by Gasteiger charge is -2.15. The summed E-state index contributed by atoms with van der Waals surface area (Å²) in [5.41, 5.74) is -0.303. The molecule has 1 aliphatic rings. The van der Waals surface area contributed by atoms with Gasteiger partial charge < -0.3 is 15.7 Å². The average molecular weight is 309 g/mol. The van der Waals surface area contributed by atoms with Gasteiger partial charge in [-0.2, -0.15) is 13.2 Å². The molecular formula is C13H16ClF3N2O. The van der Waals surface area contributed by atoms with Crippen molar-refractivity contribution < 1.29 is 18.3 Å². The molecule has 0 amide bonds. The fraction of sp³-hybridized carbons (Fsp3) is 0.538. The SMILES string of the molecule is OC1CNCC1CNCc1ccc(Cl)c(C(F)(F)F)c1. The van der Waals surface area contributed by atoms with Gasteiger partial charge in [0.05, 0.1) is 16.7 Å². The molecule has 3 N–H and O–H groups in total. The van der Waals surface area contributed by atoms with Gasteiger partial charge in [0.1, 0.15) is 0 Å². The highest BCUT2D eigenvalue weighted by Crippen LogP contribution is 2.35. The standard InChI is InChI=1S/C13H16ClF3N2O/c14-11-2-1-8(3-10(11)13(15,16)17)4-18-5-9-6-19-7-12(9)20/h1-3,9,12,18-20H,4-7H2. The second-order valence-corrected chi connectivity index (χ2v) is 5.34. The molecule has 2 unspecified atom stereocenters. The number of rotatable bonds is 4. The minimum atomic E-state index is -4.45. The highest BCUT2D eigenvalue weighted by molar-refractivity contribution is 6.31. The van der Waals surface area contributed by atoms with Crippen LogP contribution in [-0.4, -0.2) is 30.8 Å². The molecule has 2 rings (SSSR count). The van der Waals surface area contributed by atoms with E-state index in [0.29, 0.717) is 31.7 Å². The molecule has 20 heavy (non-hydrogen) atoms. The van der Waals surface area contributed by atoms with Crippen molar-refractivity contribution in [2.75, 3.05) is 19.6 Å². The lowest BCUT2D eigenvalue weighted by molar-refractivity contribution is -0.137. The molecule has 0 bridgehead atoms. The summed E-state index contributed by atoms with van der Waals surface area (Å²) >= 11 is 5.56. The van der Waals surface area contributed by atoms with Crippen molar-refractivity contribution in [3.05, 3.63) is 34.3 Å². The van der Waals surface area contributed by atoms with Crippen LogP contribution in [0.1, 0.15) is 11.1 Å². The lowest BCUT2D eigenvalue weighted by Crippen LogP contribution is -2.30. The summed E-state index contributed by atoms with van der Waals surface area (Å²) in [6.07, 6.45) is -4.85. The van der Waals surface area contributed by atoms with Crippen molar-refractivity contribution in [1.82, 2.24) is 10.6 Å². The minimum Gasteiger partial charge on any atom is -0.391 e. The number of aliphatic hydroxyl groups is 1. The van der Waals surface area contributed by atoms with Crippen LogP contribution in [0.15, 0.2) is 18.2 Å². The molecule has 0 spiro atoms. The maximum absolute atomic E-state index is 12.7. The van der Waals surface area contributed by atoms with Crippen molar-refractivity contribution in [2.24, 2.45) is 5.92 Å². The van der Waals surface area contributed by atoms with Crippen LogP contribution in [0.5, 0.6) is 0 Å². The summed E-state index contributed by atoms with van der Waals surface area (Å²) in [7, 11) is 0. The smallest absolute Gasteiger partial charge is 0.391 e. The molecule has 2 atom stereocenters. The van der Waals surface area contributed by atoms with Gasteiger partial charge in [-0.05, 0) is 17.7 Å². The first-order chi connectivity index (χ1) is 9.38. The zero-order chi connectivity index (χ0) is 14.8. The number of halogens is 4. The van der Waals surface area contributed by atoms with E-state index in [9.17, 15) is 18.3 Å². The number of aliphatic hydroxyl groups excluding tert-OH is 1. The Hall–Kier alpha value is -0.820. The van der Waals surface area contributed by atoms with Crippen molar-refractivity contribution >= 4 is 11.6 Å². The summed E-state index contributed by atoms with van der Waals surface area (Å²) in [6, 6.07) is 3.87. The molecule has 1 aromatic rings. The summed E-state index contributed by atoms with van der Waals surface area (Å²) in [4.78, 5) is 0. The molecule has 0 saturated carbocycles. The van der Waals surface area contributed by atoms with Crippen LogP contribution in [0.4, 0.5) is 13.2 Å². The van der Waals surface area contributed by atoms with Crippen LogP contribution < -0.4 is 10.6 Å². The van der Waals surface area contributed by atoms with Gasteiger partial charge in [0.25, 0.3) is 0 Å². The Morgan fingerprint density at radius 3 is 2.70 bits per heavy atom. The van der Waals surface area contributed by atoms with Gasteiger partial charge in [-0.1, -0.05) is 17.7 Å². The van der Waals surface area contributed by atoms with Crippen LogP contribution >= 0.6 is 11.6 Å². The van der Waals surface area contributed by atoms with Crippen LogP contribution in [0.2, 0.25) is 5.02 Å². The van der Waals surface area contributed by atoms with Crippen molar-refractivity contribution in [3.8, 4) is 0 Å². The Morgan fingerprint density at radius 2 is 2.10 bits per heavy atom. The van der Waals surface area contributed by atoms with Crippen molar-refractivity contribution in [1.29, 1.82) is 0 Å². The Morgan fingerprint density at radius 1 is 1.35 bits per heavy atom. The van der Waals surface area contributed by atoms with Gasteiger partial charge in [-0.25, -0.2) is 0 Å². The molecular weight excluding hydrogens is 293 g/mol. The Labute approximate surface area is 120 Å². The number of benzene rings is 1. The van der Waals surface area contributed by atoms with Gasteiger partial charge >= 0.3 is 6.18 Å². The number of hydrogen-bond acceptors (Lipinski definition) is 3. The summed E-state index contributed by atoms with van der Waals surface area (Å²) < 4.78 is 38.1. The summed E-state index contributed by atoms with van der Waals surface area (Å²) in [5.74, 6) is 0.0874. The van der Waals surface area contributed by atoms with Gasteiger partial charge in [-0.3, -0.25) is 0 Å². The predicted octanol–water partition coefficient (Wildman–Crippen LogP) is 2.03. The highest BCUT2D eigenvalue weighted by Gasteiger charge is 2.33. The van der Waals surface area contributed by atoms with E-state index in [-0.39, 0.29) is 10.9 Å². The van der Waals surface area contributed by atoms with E-state index in [4.69, 9.17) is 11.6 Å². The molecule has 1 aliphatic heterocycles. The van der Waals surface area contributed by atoms with E-state index in [1.807, 2.05) is 0 Å². The Balaban J connectivity index is 1.93. The first-order valence-electron chi connectivity index (χ1n) is 6.33. The zero-order valence-electron chi connectivity index (χ0n) is 10.7. The van der Waals surface area contributed by atoms with Crippen LogP contribution in [0.25, 0.3) is 0 Å². The predicted molar refractivity (Wildman–Crippen MR) is 70.5 cm³/mol. The number of nitrogens with one attached hydrogen (secondary N) is 2. The van der Waals surface area contributed by atoms with E-state index < -0.39 is 17.8 Å². The normalized spacial score (nSPS) is 23.2. The van der Waals surface area contributed by atoms with E-state index in [1.165, 1.54) is 6.07 Å². The monoisotopic (exact) mass is 308 g/mol. The topological polar surface area (TPSA) is 44.3 Å². The molecule has 7 heteroatoms. The van der Waals surface area contributed by atoms with E-state index >= 15 is 0 Å². The van der Waals surface area contributed by atoms with E-state index in [0.717, 1.165) is 6.07 Å². The Bertz CT molecular complexity index is 467. The molecule has 112 valence electrons. The van der Waals surface area contributed by atoms with Crippen molar-refractivity contribution in [3.63, 3.8) is 0 Å². The fourth-order valence-corrected chi connectivity index (χ4v) is 2.45. The molecule has 0 radical (unpaired) electrons. The maximum Gasteiger partial charge on any atom is 0.417 e. The largest absolute Gasteiger partial charge is 0.417 e. The lowest BCUT2D eigenvalue weighted by atomic mass is 10.1. The van der Waals surface area contributed by atoms with Gasteiger partial charge in [-0.15, -0.1) is 0 Å². The maximum atomic E-state index is 12.7. The average Bonchev–Trinajstić information content (AvgIpc) is 2.76. The summed E-state index contributed by atoms with van der Waals surface area (Å²) in [6.45, 7) is 2.13. The molecule has 1 saturated heterocycles. The number of hydrogen-bond donors (Lipinski definition) is 3. The zero-order valence-corrected chi connectivity index (χ0v) is 11.4. The molecule has 3 nitrogen and oxygen atoms in total. The van der Waals surface area contributed by atoms with Crippen LogP contribution in [0.3, 0.4) is 0 Å². The van der Waals surface area contributed by atoms with Gasteiger partial charge in [0, 0.05) is 32.1 Å². The van der Waals surface area contributed by atoms with Crippen molar-refractivity contribution in [2.45, 2.75) is 18.8 Å². The molecule has 0 aliphatic carbocycles. The molecule has 1 aromatic carbocycles. The first kappa shape index (κ1) is 15.6. The third-order valence-corrected chi connectivity index (χ3v) is 3.71. The molecule has 1 heterocycles. The quantitative estimate of drug-likeness (QED) is 0.797. The Kier molecular flexibility index (Phi) is 4.90. The number of β-amino-alcohol motifs (C(OH)–C–C–N with tert-alkyl or cyclic N) is 1. The third kappa shape index (κ3) is 3.85. The first-order valence-corrected chi connectivity index (χ1v) is 6.71. The highest BCUT2D eigenvalue weighted by atomic mass is 35.5. The van der Waals surface area contributed by atoms with Gasteiger partial charge in [0.15, 0.2) is 0 Å². The second kappa shape index (κ2) is 6.30. The fourth-order valence-electron chi connectivity index (χ4n) is 2.23. The summed E-state index contributed by atoms with van der Waals surface area (Å²) in [5, 5.41) is 15.4. The van der Waals surface area contributed by atoms with Gasteiger partial charge in [0.2, 0.25) is 0 Å². The molecule has 1 fully saturated rings. The number of alkyl halides is 3. The van der Waals surface area contributed by atoms with E-state index in [2.05, 4.69) is 10.6 Å². The second-order valence-electron chi connectivity index (χ2n) is 4.93. The third-order valence-electron chi connectivity index (χ3n) is 3.38. The van der Waals surface area contributed by atoms with E-state index in [1.54, 1.807) is 6.07 Å². The molecule has 0 aromatic heterocycles.